The lowest BCUT2D eigenvalue weighted by Crippen LogP contribution is -2.39. The lowest BCUT2D eigenvalue weighted by Gasteiger charge is -2.24. The molecular formula is C27H25ClFN3O4S. The van der Waals surface area contributed by atoms with Crippen LogP contribution in [-0.4, -0.2) is 48.6 Å². The normalized spacial score (nSPS) is 15.2. The average molecular weight is 542 g/mol. The third-order valence-electron chi connectivity index (χ3n) is 5.98. The molecule has 37 heavy (non-hydrogen) atoms. The highest BCUT2D eigenvalue weighted by atomic mass is 35.5. The maximum atomic E-state index is 13.6. The average Bonchev–Trinajstić information content (AvgIpc) is 3.12. The number of amides is 2. The Morgan fingerprint density at radius 2 is 1.78 bits per heavy atom. The van der Waals surface area contributed by atoms with Gasteiger partial charge < -0.3 is 19.7 Å². The van der Waals surface area contributed by atoms with Gasteiger partial charge in [-0.2, -0.15) is 0 Å². The molecule has 0 aliphatic carbocycles. The van der Waals surface area contributed by atoms with E-state index in [1.165, 1.54) is 29.2 Å². The molecule has 1 fully saturated rings. The van der Waals surface area contributed by atoms with Crippen LogP contribution in [0.1, 0.15) is 12.0 Å². The number of methoxy groups -OCH3 is 2. The molecular weight excluding hydrogens is 517 g/mol. The van der Waals surface area contributed by atoms with Crippen molar-refractivity contribution in [1.82, 2.24) is 4.90 Å². The topological polar surface area (TPSA) is 71.1 Å². The number of ether oxygens (including phenoxy) is 2. The number of hydrogen-bond donors (Lipinski definition) is 1. The number of carbonyl (C=O) groups is 2. The van der Waals surface area contributed by atoms with Gasteiger partial charge in [0.25, 0.3) is 5.91 Å². The molecule has 1 N–H and O–H groups in total. The molecule has 1 atom stereocenters. The summed E-state index contributed by atoms with van der Waals surface area (Å²) in [7, 11) is 3.13. The molecule has 3 aromatic carbocycles. The third-order valence-corrected chi connectivity index (χ3v) is 6.63. The Labute approximate surface area is 224 Å². The molecule has 0 aromatic heterocycles. The zero-order chi connectivity index (χ0) is 26.5. The van der Waals surface area contributed by atoms with E-state index in [-0.39, 0.29) is 17.4 Å². The molecule has 3 aromatic rings. The van der Waals surface area contributed by atoms with Crippen molar-refractivity contribution in [2.24, 2.45) is 0 Å². The maximum absolute atomic E-state index is 13.6. The number of carbonyl (C=O) groups excluding carboxylic acids is 2. The molecule has 7 nitrogen and oxygen atoms in total. The first-order valence-corrected chi connectivity index (χ1v) is 12.3. The summed E-state index contributed by atoms with van der Waals surface area (Å²) in [5, 5.41) is 3.46. The van der Waals surface area contributed by atoms with Crippen LogP contribution in [0.15, 0.2) is 66.7 Å². The van der Waals surface area contributed by atoms with Gasteiger partial charge in [0.2, 0.25) is 5.91 Å². The van der Waals surface area contributed by atoms with Crippen molar-refractivity contribution in [3.63, 3.8) is 0 Å². The van der Waals surface area contributed by atoms with E-state index in [0.29, 0.717) is 40.9 Å². The number of rotatable bonds is 9. The van der Waals surface area contributed by atoms with Crippen LogP contribution in [-0.2, 0) is 16.0 Å². The van der Waals surface area contributed by atoms with Crippen molar-refractivity contribution in [3.8, 4) is 11.5 Å². The Hall–Kier alpha value is -3.69. The summed E-state index contributed by atoms with van der Waals surface area (Å²) in [5.74, 6) is 0.0786. The van der Waals surface area contributed by atoms with Crippen molar-refractivity contribution in [1.29, 1.82) is 0 Å². The van der Waals surface area contributed by atoms with E-state index in [1.54, 1.807) is 43.4 Å². The molecule has 0 bridgehead atoms. The third kappa shape index (κ3) is 6.00. The lowest BCUT2D eigenvalue weighted by molar-refractivity contribution is -0.124. The summed E-state index contributed by atoms with van der Waals surface area (Å²) in [4.78, 5) is 29.6. The zero-order valence-electron chi connectivity index (χ0n) is 20.2. The first-order chi connectivity index (χ1) is 17.8. The molecule has 0 saturated carbocycles. The van der Waals surface area contributed by atoms with E-state index >= 15 is 0 Å². The molecule has 1 unspecified atom stereocenters. The quantitative estimate of drug-likeness (QED) is 0.381. The molecule has 4 rings (SSSR count). The van der Waals surface area contributed by atoms with Gasteiger partial charge >= 0.3 is 0 Å². The van der Waals surface area contributed by atoms with Crippen molar-refractivity contribution in [3.05, 3.63) is 83.1 Å². The van der Waals surface area contributed by atoms with Crippen molar-refractivity contribution < 1.29 is 23.5 Å². The monoisotopic (exact) mass is 541 g/mol. The summed E-state index contributed by atoms with van der Waals surface area (Å²) < 4.78 is 23.9. The van der Waals surface area contributed by atoms with Gasteiger partial charge in [0, 0.05) is 17.3 Å². The molecule has 10 heteroatoms. The second-order valence-corrected chi connectivity index (χ2v) is 9.15. The summed E-state index contributed by atoms with van der Waals surface area (Å²) in [6.45, 7) is 0.381. The largest absolute Gasteiger partial charge is 0.493 e. The number of nitrogens with zero attached hydrogens (tertiary/aromatic N) is 2. The van der Waals surface area contributed by atoms with Gasteiger partial charge in [0.15, 0.2) is 16.6 Å². The minimum absolute atomic E-state index is 0.140. The maximum Gasteiger partial charge on any atom is 0.256 e. The molecule has 1 heterocycles. The number of thiocarbonyl (C=S) groups is 1. The van der Waals surface area contributed by atoms with Crippen molar-refractivity contribution in [2.45, 2.75) is 18.9 Å². The first kappa shape index (κ1) is 26.4. The summed E-state index contributed by atoms with van der Waals surface area (Å²) in [6.07, 6.45) is 0.395. The van der Waals surface area contributed by atoms with Crippen LogP contribution in [0.25, 0.3) is 0 Å². The second kappa shape index (κ2) is 11.6. The van der Waals surface area contributed by atoms with Gasteiger partial charge in [0.1, 0.15) is 11.9 Å². The van der Waals surface area contributed by atoms with Gasteiger partial charge in [-0.05, 0) is 78.8 Å². The fourth-order valence-electron chi connectivity index (χ4n) is 4.15. The van der Waals surface area contributed by atoms with Crippen LogP contribution in [0, 0.1) is 5.82 Å². The number of nitrogens with one attached hydrogen (secondary N) is 1. The van der Waals surface area contributed by atoms with Crippen LogP contribution >= 0.6 is 23.8 Å². The Morgan fingerprint density at radius 1 is 1.05 bits per heavy atom. The minimum Gasteiger partial charge on any atom is -0.493 e. The smallest absolute Gasteiger partial charge is 0.256 e. The van der Waals surface area contributed by atoms with E-state index in [1.807, 2.05) is 18.2 Å². The molecule has 192 valence electrons. The fourth-order valence-corrected chi connectivity index (χ4v) is 4.75. The fraction of sp³-hybridized carbons (Fsp3) is 0.222. The van der Waals surface area contributed by atoms with E-state index < -0.39 is 17.8 Å². The first-order valence-electron chi connectivity index (χ1n) is 11.5. The number of anilines is 2. The molecule has 1 aliphatic rings. The minimum atomic E-state index is -0.827. The van der Waals surface area contributed by atoms with Crippen LogP contribution < -0.4 is 19.7 Å². The Morgan fingerprint density at radius 3 is 2.46 bits per heavy atom. The van der Waals surface area contributed by atoms with Crippen molar-refractivity contribution in [2.75, 3.05) is 31.0 Å². The van der Waals surface area contributed by atoms with E-state index in [0.717, 1.165) is 5.56 Å². The van der Waals surface area contributed by atoms with E-state index in [4.69, 9.17) is 33.3 Å². The van der Waals surface area contributed by atoms with Gasteiger partial charge in [0.05, 0.1) is 26.3 Å². The van der Waals surface area contributed by atoms with Gasteiger partial charge in [-0.3, -0.25) is 14.5 Å². The van der Waals surface area contributed by atoms with Gasteiger partial charge in [-0.1, -0.05) is 23.7 Å². The van der Waals surface area contributed by atoms with Gasteiger partial charge in [-0.25, -0.2) is 4.39 Å². The van der Waals surface area contributed by atoms with Crippen LogP contribution in [0.4, 0.5) is 15.8 Å². The van der Waals surface area contributed by atoms with Gasteiger partial charge in [-0.15, -0.1) is 0 Å². The lowest BCUT2D eigenvalue weighted by atomic mass is 10.1. The summed E-state index contributed by atoms with van der Waals surface area (Å²) in [5.41, 5.74) is 1.91. The zero-order valence-corrected chi connectivity index (χ0v) is 21.8. The molecule has 2 amide bonds. The highest BCUT2D eigenvalue weighted by Crippen LogP contribution is 2.31. The summed E-state index contributed by atoms with van der Waals surface area (Å²) in [6, 6.07) is 17.0. The van der Waals surface area contributed by atoms with Crippen LogP contribution in [0.2, 0.25) is 5.02 Å². The molecule has 0 radical (unpaired) electrons. The van der Waals surface area contributed by atoms with Crippen LogP contribution in [0.3, 0.4) is 0 Å². The SMILES string of the molecule is COc1ccc(CCN2C(=S)N(c3cccc(Cl)c3)C(=O)C2CC(=O)Nc2ccc(F)cc2)cc1OC. The number of benzene rings is 3. The summed E-state index contributed by atoms with van der Waals surface area (Å²) >= 11 is 11.9. The second-order valence-electron chi connectivity index (χ2n) is 8.34. The molecule has 1 aliphatic heterocycles. The predicted octanol–water partition coefficient (Wildman–Crippen LogP) is 5.07. The highest BCUT2D eigenvalue weighted by molar-refractivity contribution is 7.80. The van der Waals surface area contributed by atoms with E-state index in [2.05, 4.69) is 5.32 Å². The number of halogens is 2. The predicted molar refractivity (Wildman–Crippen MR) is 145 cm³/mol. The highest BCUT2D eigenvalue weighted by Gasteiger charge is 2.44. The van der Waals surface area contributed by atoms with Crippen molar-refractivity contribution >= 4 is 52.1 Å². The Bertz CT molecular complexity index is 1320. The Kier molecular flexibility index (Phi) is 8.25. The van der Waals surface area contributed by atoms with E-state index in [9.17, 15) is 14.0 Å². The number of hydrogen-bond acceptors (Lipinski definition) is 5. The molecule has 0 spiro atoms. The molecule has 1 saturated heterocycles. The Balaban J connectivity index is 1.57. The van der Waals surface area contributed by atoms with Crippen LogP contribution in [0.5, 0.6) is 11.5 Å². The standard InChI is InChI=1S/C27H25ClFN3O4S/c1-35-23-11-6-17(14-24(23)36-2)12-13-31-22(16-25(33)30-20-9-7-19(29)8-10-20)26(34)32(27(31)37)21-5-3-4-18(28)15-21/h3-11,14-15,22H,12-13,16H2,1-2H3,(H,30,33).